The summed E-state index contributed by atoms with van der Waals surface area (Å²) in [4.78, 5) is 13.0. The zero-order chi connectivity index (χ0) is 11.4. The molecule has 1 aliphatic heterocycles. The van der Waals surface area contributed by atoms with E-state index >= 15 is 0 Å². The molecule has 0 radical (unpaired) electrons. The predicted molar refractivity (Wildman–Crippen MR) is 64.0 cm³/mol. The first-order valence-corrected chi connectivity index (χ1v) is 6.48. The fraction of sp³-hybridized carbons (Fsp3) is 0.917. The van der Waals surface area contributed by atoms with Crippen molar-refractivity contribution in [2.75, 3.05) is 26.2 Å². The fourth-order valence-corrected chi connectivity index (χ4v) is 2.28. The lowest BCUT2D eigenvalue weighted by molar-refractivity contribution is -0.118. The summed E-state index contributed by atoms with van der Waals surface area (Å²) in [5, 5.41) is 3.65. The first-order valence-electron chi connectivity index (χ1n) is 6.48. The van der Waals surface area contributed by atoms with Crippen LogP contribution >= 0.6 is 0 Å². The second-order valence-electron chi connectivity index (χ2n) is 5.18. The zero-order valence-corrected chi connectivity index (χ0v) is 9.95. The number of carbonyl (C=O) groups is 1. The maximum Gasteiger partial charge on any atom is 0.218 e. The van der Waals surface area contributed by atoms with E-state index < -0.39 is 0 Å². The first-order chi connectivity index (χ1) is 7.74. The molecular weight excluding hydrogens is 202 g/mol. The molecule has 4 nitrogen and oxygen atoms in total. The van der Waals surface area contributed by atoms with Crippen molar-refractivity contribution in [2.24, 2.45) is 11.7 Å². The number of carbonyl (C=O) groups excluding carboxylic acids is 1. The molecule has 16 heavy (non-hydrogen) atoms. The van der Waals surface area contributed by atoms with E-state index in [0.717, 1.165) is 25.6 Å². The van der Waals surface area contributed by atoms with Crippen LogP contribution in [0.25, 0.3) is 0 Å². The van der Waals surface area contributed by atoms with E-state index in [-0.39, 0.29) is 5.91 Å². The lowest BCUT2D eigenvalue weighted by Crippen LogP contribution is -2.43. The van der Waals surface area contributed by atoms with Crippen LogP contribution in [0.1, 0.15) is 32.1 Å². The number of nitrogens with two attached hydrogens (primary N) is 1. The highest BCUT2D eigenvalue weighted by atomic mass is 16.1. The minimum atomic E-state index is -0.186. The van der Waals surface area contributed by atoms with Gasteiger partial charge in [-0.3, -0.25) is 4.79 Å². The van der Waals surface area contributed by atoms with Crippen LogP contribution in [0.4, 0.5) is 0 Å². The average molecular weight is 225 g/mol. The molecular formula is C12H23N3O. The minimum Gasteiger partial charge on any atom is -0.370 e. The summed E-state index contributed by atoms with van der Waals surface area (Å²) in [7, 11) is 0. The van der Waals surface area contributed by atoms with E-state index in [1.54, 1.807) is 0 Å². The molecule has 0 spiro atoms. The molecule has 0 bridgehead atoms. The summed E-state index contributed by atoms with van der Waals surface area (Å²) < 4.78 is 0. The second kappa shape index (κ2) is 5.64. The van der Waals surface area contributed by atoms with E-state index in [1.165, 1.54) is 32.2 Å². The van der Waals surface area contributed by atoms with E-state index in [1.807, 2.05) is 0 Å². The van der Waals surface area contributed by atoms with Crippen molar-refractivity contribution in [3.05, 3.63) is 0 Å². The van der Waals surface area contributed by atoms with Crippen LogP contribution in [0.15, 0.2) is 0 Å². The highest BCUT2D eigenvalue weighted by molar-refractivity contribution is 5.73. The Morgan fingerprint density at radius 2 is 1.94 bits per heavy atom. The highest BCUT2D eigenvalue weighted by Crippen LogP contribution is 2.28. The van der Waals surface area contributed by atoms with Gasteiger partial charge in [0.25, 0.3) is 0 Å². The van der Waals surface area contributed by atoms with Gasteiger partial charge in [-0.1, -0.05) is 0 Å². The van der Waals surface area contributed by atoms with Gasteiger partial charge in [-0.05, 0) is 51.2 Å². The van der Waals surface area contributed by atoms with Crippen molar-refractivity contribution in [3.63, 3.8) is 0 Å². The summed E-state index contributed by atoms with van der Waals surface area (Å²) in [5.41, 5.74) is 5.15. The lowest BCUT2D eigenvalue weighted by Gasteiger charge is -2.32. The highest BCUT2D eigenvalue weighted by Gasteiger charge is 2.24. The Balaban J connectivity index is 1.56. The Morgan fingerprint density at radius 1 is 1.25 bits per heavy atom. The number of likely N-dealkylation sites (tertiary alicyclic amines) is 1. The molecule has 1 amide bonds. The number of rotatable bonds is 6. The van der Waals surface area contributed by atoms with Crippen LogP contribution in [0.2, 0.25) is 0 Å². The zero-order valence-electron chi connectivity index (χ0n) is 9.95. The van der Waals surface area contributed by atoms with E-state index in [0.29, 0.717) is 12.5 Å². The maximum atomic E-state index is 10.7. The molecule has 0 aromatic rings. The lowest BCUT2D eigenvalue weighted by atomic mass is 10.0. The van der Waals surface area contributed by atoms with Crippen molar-refractivity contribution in [1.82, 2.24) is 10.2 Å². The van der Waals surface area contributed by atoms with Gasteiger partial charge >= 0.3 is 0 Å². The van der Waals surface area contributed by atoms with E-state index in [9.17, 15) is 4.79 Å². The van der Waals surface area contributed by atoms with Crippen LogP contribution in [-0.4, -0.2) is 43.0 Å². The minimum absolute atomic E-state index is 0.186. The SMILES string of the molecule is NC(=O)CCN1CCC(NCC2CC2)CC1. The molecule has 1 saturated heterocycles. The number of primary amides is 1. The van der Waals surface area contributed by atoms with Gasteiger partial charge in [-0.25, -0.2) is 0 Å². The van der Waals surface area contributed by atoms with Gasteiger partial charge in [0, 0.05) is 19.0 Å². The quantitative estimate of drug-likeness (QED) is 0.685. The Labute approximate surface area is 97.6 Å². The number of piperidine rings is 1. The third-order valence-electron chi connectivity index (χ3n) is 3.65. The van der Waals surface area contributed by atoms with Gasteiger partial charge < -0.3 is 16.0 Å². The molecule has 4 heteroatoms. The van der Waals surface area contributed by atoms with Crippen LogP contribution in [-0.2, 0) is 4.79 Å². The van der Waals surface area contributed by atoms with Crippen molar-refractivity contribution < 1.29 is 4.79 Å². The summed E-state index contributed by atoms with van der Waals surface area (Å²) in [6.45, 7) is 4.27. The van der Waals surface area contributed by atoms with Gasteiger partial charge in [-0.2, -0.15) is 0 Å². The Bertz CT molecular complexity index is 232. The van der Waals surface area contributed by atoms with Gasteiger partial charge in [0.05, 0.1) is 0 Å². The van der Waals surface area contributed by atoms with Crippen molar-refractivity contribution in [2.45, 2.75) is 38.1 Å². The van der Waals surface area contributed by atoms with Gasteiger partial charge in [0.2, 0.25) is 5.91 Å². The monoisotopic (exact) mass is 225 g/mol. The summed E-state index contributed by atoms with van der Waals surface area (Å²) in [6.07, 6.45) is 5.77. The molecule has 2 rings (SSSR count). The molecule has 0 aromatic heterocycles. The van der Waals surface area contributed by atoms with Crippen molar-refractivity contribution in [1.29, 1.82) is 0 Å². The third kappa shape index (κ3) is 4.10. The summed E-state index contributed by atoms with van der Waals surface area (Å²) >= 11 is 0. The normalized spacial score (nSPS) is 23.5. The first kappa shape index (κ1) is 11.9. The number of hydrogen-bond acceptors (Lipinski definition) is 3. The standard InChI is InChI=1S/C12H23N3O/c13-12(16)5-8-15-6-3-11(4-7-15)14-9-10-1-2-10/h10-11,14H,1-9H2,(H2,13,16). The second-order valence-corrected chi connectivity index (χ2v) is 5.18. The topological polar surface area (TPSA) is 58.4 Å². The molecule has 0 unspecified atom stereocenters. The summed E-state index contributed by atoms with van der Waals surface area (Å²) in [5.74, 6) is 0.780. The largest absolute Gasteiger partial charge is 0.370 e. The molecule has 1 aliphatic carbocycles. The van der Waals surface area contributed by atoms with Gasteiger partial charge in [0.1, 0.15) is 0 Å². The smallest absolute Gasteiger partial charge is 0.218 e. The van der Waals surface area contributed by atoms with Crippen LogP contribution in [0, 0.1) is 5.92 Å². The predicted octanol–water partition coefficient (Wildman–Crippen LogP) is 0.326. The average Bonchev–Trinajstić information content (AvgIpc) is 3.09. The fourth-order valence-electron chi connectivity index (χ4n) is 2.28. The Kier molecular flexibility index (Phi) is 4.18. The molecule has 1 heterocycles. The van der Waals surface area contributed by atoms with Gasteiger partial charge in [0.15, 0.2) is 0 Å². The van der Waals surface area contributed by atoms with Crippen LogP contribution < -0.4 is 11.1 Å². The Morgan fingerprint density at radius 3 is 2.50 bits per heavy atom. The number of hydrogen-bond donors (Lipinski definition) is 2. The maximum absolute atomic E-state index is 10.7. The molecule has 0 aromatic carbocycles. The number of nitrogens with one attached hydrogen (secondary N) is 1. The number of nitrogens with zero attached hydrogens (tertiary/aromatic N) is 1. The number of amides is 1. The molecule has 92 valence electrons. The van der Waals surface area contributed by atoms with Gasteiger partial charge in [-0.15, -0.1) is 0 Å². The summed E-state index contributed by atoms with van der Waals surface area (Å²) in [6, 6.07) is 0.699. The Hall–Kier alpha value is -0.610. The molecule has 2 fully saturated rings. The van der Waals surface area contributed by atoms with Crippen LogP contribution in [0.5, 0.6) is 0 Å². The molecule has 2 aliphatic rings. The van der Waals surface area contributed by atoms with Crippen LogP contribution in [0.3, 0.4) is 0 Å². The van der Waals surface area contributed by atoms with Crippen molar-refractivity contribution >= 4 is 5.91 Å². The van der Waals surface area contributed by atoms with E-state index in [2.05, 4.69) is 10.2 Å². The van der Waals surface area contributed by atoms with E-state index in [4.69, 9.17) is 5.73 Å². The third-order valence-corrected chi connectivity index (χ3v) is 3.65. The molecule has 0 atom stereocenters. The van der Waals surface area contributed by atoms with Crippen molar-refractivity contribution in [3.8, 4) is 0 Å². The molecule has 1 saturated carbocycles. The molecule has 3 N–H and O–H groups in total.